The van der Waals surface area contributed by atoms with E-state index in [0.29, 0.717) is 17.1 Å². The standard InChI is InChI=1S/C22H25NO4S3/c1-15(12-30-22(27)17-6-4-3-5-7-17)20(24)23-19(21(25)26)14-29-13-16-8-10-18(28-2)11-9-16/h3-11,15,19H,12-14H2,1-2H3,(H,23,24)(H,25,26)/t15-,19+/m1/s1. The lowest BCUT2D eigenvalue weighted by Gasteiger charge is -2.17. The molecule has 5 nitrogen and oxygen atoms in total. The third-order valence-corrected chi connectivity index (χ3v) is 7.26. The summed E-state index contributed by atoms with van der Waals surface area (Å²) in [7, 11) is 0. The number of benzene rings is 2. The molecule has 2 N–H and O–H groups in total. The Morgan fingerprint density at radius 1 is 1.00 bits per heavy atom. The Bertz CT molecular complexity index is 843. The maximum Gasteiger partial charge on any atom is 0.327 e. The lowest BCUT2D eigenvalue weighted by Crippen LogP contribution is -2.45. The minimum Gasteiger partial charge on any atom is -0.480 e. The molecule has 0 unspecified atom stereocenters. The summed E-state index contributed by atoms with van der Waals surface area (Å²) in [4.78, 5) is 37.3. The zero-order chi connectivity index (χ0) is 21.9. The summed E-state index contributed by atoms with van der Waals surface area (Å²) in [6, 6.07) is 16.0. The van der Waals surface area contributed by atoms with Gasteiger partial charge in [-0.05, 0) is 24.0 Å². The molecule has 0 aliphatic heterocycles. The van der Waals surface area contributed by atoms with Crippen molar-refractivity contribution >= 4 is 52.3 Å². The van der Waals surface area contributed by atoms with Gasteiger partial charge in [-0.15, -0.1) is 11.8 Å². The smallest absolute Gasteiger partial charge is 0.327 e. The second kappa shape index (κ2) is 12.7. The second-order valence-corrected chi connectivity index (χ2v) is 9.53. The first-order valence-corrected chi connectivity index (χ1v) is 12.7. The third-order valence-electron chi connectivity index (χ3n) is 4.25. The highest BCUT2D eigenvalue weighted by atomic mass is 32.2. The first kappa shape index (κ1) is 24.4. The maximum atomic E-state index is 12.4. The van der Waals surface area contributed by atoms with Crippen molar-refractivity contribution in [2.45, 2.75) is 23.6 Å². The van der Waals surface area contributed by atoms with Crippen LogP contribution in [0.5, 0.6) is 0 Å². The fraction of sp³-hybridized carbons (Fsp3) is 0.318. The molecule has 0 saturated heterocycles. The Labute approximate surface area is 189 Å². The Morgan fingerprint density at radius 3 is 2.27 bits per heavy atom. The predicted molar refractivity (Wildman–Crippen MR) is 126 cm³/mol. The topological polar surface area (TPSA) is 83.5 Å². The van der Waals surface area contributed by atoms with Gasteiger partial charge in [-0.1, -0.05) is 61.2 Å². The molecule has 30 heavy (non-hydrogen) atoms. The SMILES string of the molecule is CSc1ccc(CSC[C@H](NC(=O)[C@H](C)CSC(=O)c2ccccc2)C(=O)O)cc1. The predicted octanol–water partition coefficient (Wildman–Crippen LogP) is 4.42. The number of nitrogens with one attached hydrogen (secondary N) is 1. The van der Waals surface area contributed by atoms with Crippen molar-refractivity contribution in [2.75, 3.05) is 17.8 Å². The van der Waals surface area contributed by atoms with E-state index in [1.807, 2.05) is 36.6 Å². The molecular formula is C22H25NO4S3. The average molecular weight is 464 g/mol. The Kier molecular flexibility index (Phi) is 10.3. The van der Waals surface area contributed by atoms with E-state index in [4.69, 9.17) is 0 Å². The van der Waals surface area contributed by atoms with Crippen LogP contribution in [0.25, 0.3) is 0 Å². The minimum atomic E-state index is -1.06. The first-order valence-electron chi connectivity index (χ1n) is 9.36. The van der Waals surface area contributed by atoms with Gasteiger partial charge in [0.1, 0.15) is 6.04 Å². The molecule has 0 aromatic heterocycles. The van der Waals surface area contributed by atoms with Crippen molar-refractivity contribution in [3.05, 3.63) is 65.7 Å². The molecule has 0 heterocycles. The van der Waals surface area contributed by atoms with Crippen molar-refractivity contribution in [1.29, 1.82) is 0 Å². The lowest BCUT2D eigenvalue weighted by atomic mass is 10.2. The molecule has 2 atom stereocenters. The fourth-order valence-electron chi connectivity index (χ4n) is 2.44. The summed E-state index contributed by atoms with van der Waals surface area (Å²) in [5.74, 6) is -0.664. The summed E-state index contributed by atoms with van der Waals surface area (Å²) in [5, 5.41) is 11.9. The van der Waals surface area contributed by atoms with Gasteiger partial charge in [0.15, 0.2) is 0 Å². The third kappa shape index (κ3) is 8.08. The zero-order valence-electron chi connectivity index (χ0n) is 16.9. The van der Waals surface area contributed by atoms with Crippen molar-refractivity contribution in [2.24, 2.45) is 5.92 Å². The molecule has 0 aliphatic rings. The molecular weight excluding hydrogens is 438 g/mol. The van der Waals surface area contributed by atoms with Gasteiger partial charge in [0.25, 0.3) is 0 Å². The van der Waals surface area contributed by atoms with E-state index in [1.54, 1.807) is 43.0 Å². The minimum absolute atomic E-state index is 0.104. The van der Waals surface area contributed by atoms with Crippen LogP contribution in [-0.4, -0.2) is 45.9 Å². The number of carboxylic acids is 1. The van der Waals surface area contributed by atoms with Gasteiger partial charge < -0.3 is 10.4 Å². The normalized spacial score (nSPS) is 12.7. The van der Waals surface area contributed by atoms with Crippen LogP contribution in [0.15, 0.2) is 59.5 Å². The molecule has 0 bridgehead atoms. The van der Waals surface area contributed by atoms with E-state index in [9.17, 15) is 19.5 Å². The van der Waals surface area contributed by atoms with E-state index < -0.39 is 17.9 Å². The number of carbonyl (C=O) groups excluding carboxylic acids is 2. The van der Waals surface area contributed by atoms with E-state index in [-0.39, 0.29) is 16.8 Å². The Morgan fingerprint density at radius 2 is 1.67 bits per heavy atom. The number of aliphatic carboxylic acids is 1. The Hall–Kier alpha value is -1.90. The highest BCUT2D eigenvalue weighted by Gasteiger charge is 2.23. The van der Waals surface area contributed by atoms with Crippen molar-refractivity contribution in [1.82, 2.24) is 5.32 Å². The molecule has 0 radical (unpaired) electrons. The summed E-state index contributed by atoms with van der Waals surface area (Å²) >= 11 is 4.20. The molecule has 0 saturated carbocycles. The quantitative estimate of drug-likeness (QED) is 0.477. The molecule has 160 valence electrons. The van der Waals surface area contributed by atoms with E-state index in [0.717, 1.165) is 17.3 Å². The number of carboxylic acid groups (broad SMARTS) is 1. The number of hydrogen-bond acceptors (Lipinski definition) is 6. The molecule has 2 aromatic rings. The van der Waals surface area contributed by atoms with Crippen LogP contribution >= 0.6 is 35.3 Å². The number of hydrogen-bond donors (Lipinski definition) is 2. The highest BCUT2D eigenvalue weighted by Crippen LogP contribution is 2.19. The van der Waals surface area contributed by atoms with Crippen LogP contribution in [-0.2, 0) is 15.3 Å². The maximum absolute atomic E-state index is 12.4. The van der Waals surface area contributed by atoms with Gasteiger partial charge in [0, 0.05) is 33.6 Å². The summed E-state index contributed by atoms with van der Waals surface area (Å²) in [6.07, 6.45) is 2.01. The van der Waals surface area contributed by atoms with Gasteiger partial charge in [0.05, 0.1) is 0 Å². The lowest BCUT2D eigenvalue weighted by molar-refractivity contribution is -0.141. The zero-order valence-corrected chi connectivity index (χ0v) is 19.3. The van der Waals surface area contributed by atoms with E-state index >= 15 is 0 Å². The molecule has 1 amide bonds. The number of rotatable bonds is 11. The van der Waals surface area contributed by atoms with Crippen LogP contribution in [0.4, 0.5) is 0 Å². The van der Waals surface area contributed by atoms with E-state index in [2.05, 4.69) is 5.32 Å². The van der Waals surface area contributed by atoms with Crippen LogP contribution in [0, 0.1) is 5.92 Å². The number of amides is 1. The van der Waals surface area contributed by atoms with Crippen molar-refractivity contribution < 1.29 is 19.5 Å². The van der Waals surface area contributed by atoms with Gasteiger partial charge in [-0.2, -0.15) is 11.8 Å². The van der Waals surface area contributed by atoms with Gasteiger partial charge in [0.2, 0.25) is 11.0 Å². The second-order valence-electron chi connectivity index (χ2n) is 6.63. The Balaban J connectivity index is 1.78. The molecule has 0 spiro atoms. The van der Waals surface area contributed by atoms with Gasteiger partial charge in [-0.25, -0.2) is 4.79 Å². The summed E-state index contributed by atoms with van der Waals surface area (Å²) in [6.45, 7) is 1.69. The van der Waals surface area contributed by atoms with Crippen LogP contribution in [0.2, 0.25) is 0 Å². The average Bonchev–Trinajstić information content (AvgIpc) is 2.77. The van der Waals surface area contributed by atoms with E-state index in [1.165, 1.54) is 16.7 Å². The molecule has 2 rings (SSSR count). The van der Waals surface area contributed by atoms with Crippen molar-refractivity contribution in [3.63, 3.8) is 0 Å². The fourth-order valence-corrected chi connectivity index (χ4v) is 4.71. The molecule has 8 heteroatoms. The monoisotopic (exact) mass is 463 g/mol. The molecule has 0 aliphatic carbocycles. The van der Waals surface area contributed by atoms with Crippen LogP contribution in [0.3, 0.4) is 0 Å². The first-order chi connectivity index (χ1) is 14.4. The van der Waals surface area contributed by atoms with Gasteiger partial charge in [-0.3, -0.25) is 9.59 Å². The number of carbonyl (C=O) groups is 3. The highest BCUT2D eigenvalue weighted by molar-refractivity contribution is 8.14. The van der Waals surface area contributed by atoms with Crippen molar-refractivity contribution in [3.8, 4) is 0 Å². The molecule has 2 aromatic carbocycles. The number of thioether (sulfide) groups is 3. The van der Waals surface area contributed by atoms with Crippen LogP contribution in [0.1, 0.15) is 22.8 Å². The van der Waals surface area contributed by atoms with Gasteiger partial charge >= 0.3 is 5.97 Å². The summed E-state index contributed by atoms with van der Waals surface area (Å²) in [5.41, 5.74) is 1.69. The largest absolute Gasteiger partial charge is 0.480 e. The summed E-state index contributed by atoms with van der Waals surface area (Å²) < 4.78 is 0. The molecule has 0 fully saturated rings. The van der Waals surface area contributed by atoms with Crippen LogP contribution < -0.4 is 5.32 Å².